The molecule has 9 nitrogen and oxygen atoms in total. The van der Waals surface area contributed by atoms with Gasteiger partial charge in [-0.3, -0.25) is 9.59 Å². The minimum Gasteiger partial charge on any atom is -0.454 e. The number of nitrogens with zero attached hydrogens (tertiary/aromatic N) is 1. The van der Waals surface area contributed by atoms with E-state index in [1.165, 1.54) is 7.05 Å². The second-order valence-electron chi connectivity index (χ2n) is 7.95. The van der Waals surface area contributed by atoms with Crippen LogP contribution in [-0.2, 0) is 30.5 Å². The van der Waals surface area contributed by atoms with Crippen LogP contribution >= 0.6 is 11.6 Å². The molecule has 0 saturated heterocycles. The van der Waals surface area contributed by atoms with Gasteiger partial charge in [0, 0.05) is 7.05 Å². The van der Waals surface area contributed by atoms with E-state index in [9.17, 15) is 19.2 Å². The molecule has 3 amide bonds. The fraction of sp³-hybridized carbons (Fsp3) is 0.360. The number of carbonyl (C=O) groups is 4. The van der Waals surface area contributed by atoms with Crippen molar-refractivity contribution < 1.29 is 28.7 Å². The Hall–Kier alpha value is -3.59. The Morgan fingerprint density at radius 3 is 2.31 bits per heavy atom. The first-order valence-corrected chi connectivity index (χ1v) is 11.5. The number of anilines is 1. The molecule has 188 valence electrons. The van der Waals surface area contributed by atoms with Crippen molar-refractivity contribution in [3.63, 3.8) is 0 Å². The van der Waals surface area contributed by atoms with Gasteiger partial charge in [-0.25, -0.2) is 9.59 Å². The van der Waals surface area contributed by atoms with E-state index in [4.69, 9.17) is 21.1 Å². The number of benzene rings is 2. The quantitative estimate of drug-likeness (QED) is 0.453. The van der Waals surface area contributed by atoms with Crippen LogP contribution in [0.2, 0.25) is 5.02 Å². The molecule has 0 aliphatic rings. The zero-order chi connectivity index (χ0) is 25.8. The molecule has 0 bridgehead atoms. The van der Waals surface area contributed by atoms with E-state index >= 15 is 0 Å². The lowest BCUT2D eigenvalue weighted by molar-refractivity contribution is -0.154. The van der Waals surface area contributed by atoms with Crippen LogP contribution < -0.4 is 10.6 Å². The monoisotopic (exact) mass is 503 g/mol. The zero-order valence-electron chi connectivity index (χ0n) is 20.0. The van der Waals surface area contributed by atoms with E-state index in [0.717, 1.165) is 10.5 Å². The number of halogens is 1. The minimum absolute atomic E-state index is 0.0501. The summed E-state index contributed by atoms with van der Waals surface area (Å²) in [6.45, 7) is 2.84. The van der Waals surface area contributed by atoms with Crippen molar-refractivity contribution in [3.8, 4) is 0 Å². The highest BCUT2D eigenvalue weighted by atomic mass is 35.5. The Labute approximate surface area is 209 Å². The van der Waals surface area contributed by atoms with E-state index in [2.05, 4.69) is 10.6 Å². The Morgan fingerprint density at radius 1 is 1.00 bits per heavy atom. The van der Waals surface area contributed by atoms with Gasteiger partial charge in [0.15, 0.2) is 6.61 Å². The summed E-state index contributed by atoms with van der Waals surface area (Å²) in [5, 5.41) is 5.50. The smallest absolute Gasteiger partial charge is 0.408 e. The maximum absolute atomic E-state index is 12.6. The fourth-order valence-corrected chi connectivity index (χ4v) is 3.13. The Kier molecular flexibility index (Phi) is 11.0. The largest absolute Gasteiger partial charge is 0.454 e. The number of esters is 1. The summed E-state index contributed by atoms with van der Waals surface area (Å²) in [6.07, 6.45) is -0.190. The van der Waals surface area contributed by atoms with Crippen molar-refractivity contribution in [1.82, 2.24) is 10.2 Å². The lowest BCUT2D eigenvalue weighted by atomic mass is 9.99. The summed E-state index contributed by atoms with van der Waals surface area (Å²) in [5.41, 5.74) is 1.23. The van der Waals surface area contributed by atoms with E-state index in [-0.39, 0.29) is 19.1 Å². The molecule has 0 heterocycles. The molecule has 0 unspecified atom stereocenters. The predicted molar refractivity (Wildman–Crippen MR) is 132 cm³/mol. The number of likely N-dealkylation sites (N-methyl/N-ethyl adjacent to an activating group) is 1. The van der Waals surface area contributed by atoms with Crippen molar-refractivity contribution in [2.45, 2.75) is 32.9 Å². The van der Waals surface area contributed by atoms with Crippen LogP contribution in [0.4, 0.5) is 10.5 Å². The fourth-order valence-electron chi connectivity index (χ4n) is 2.95. The molecule has 2 aromatic rings. The third kappa shape index (κ3) is 9.29. The number of carbonyl (C=O) groups excluding carboxylic acids is 4. The molecule has 0 spiro atoms. The molecule has 2 N–H and O–H groups in total. The van der Waals surface area contributed by atoms with Crippen LogP contribution in [0.1, 0.15) is 25.8 Å². The van der Waals surface area contributed by atoms with Gasteiger partial charge in [0.05, 0.1) is 17.3 Å². The lowest BCUT2D eigenvalue weighted by Gasteiger charge is -2.23. The second-order valence-corrected chi connectivity index (χ2v) is 8.36. The number of ether oxygens (including phenoxy) is 2. The van der Waals surface area contributed by atoms with Gasteiger partial charge in [0.25, 0.3) is 5.91 Å². The number of nitrogens with one attached hydrogen (secondary N) is 2. The van der Waals surface area contributed by atoms with E-state index < -0.39 is 36.5 Å². The van der Waals surface area contributed by atoms with Crippen molar-refractivity contribution in [2.24, 2.45) is 5.92 Å². The number of hydrogen-bond acceptors (Lipinski definition) is 6. The van der Waals surface area contributed by atoms with Crippen LogP contribution in [0.15, 0.2) is 54.6 Å². The summed E-state index contributed by atoms with van der Waals surface area (Å²) in [7, 11) is 1.41. The summed E-state index contributed by atoms with van der Waals surface area (Å²) >= 11 is 6.01. The second kappa shape index (κ2) is 14.0. The van der Waals surface area contributed by atoms with Gasteiger partial charge in [-0.1, -0.05) is 74.3 Å². The molecular weight excluding hydrogens is 474 g/mol. The molecule has 0 radical (unpaired) electrons. The highest BCUT2D eigenvalue weighted by molar-refractivity contribution is 6.33. The molecule has 35 heavy (non-hydrogen) atoms. The molecule has 0 saturated carbocycles. The standard InChI is InChI=1S/C25H30ClN3O6/c1-4-17(2)23(28-25(33)35-15-18-10-6-5-7-11-18)24(32)34-16-22(31)29(3)14-21(30)27-20-13-9-8-12-19(20)26/h5-13,17,23H,4,14-16H2,1-3H3,(H,27,30)(H,28,33)/t17-,23+/m1/s1. The third-order valence-electron chi connectivity index (χ3n) is 5.25. The normalized spacial score (nSPS) is 12.1. The SMILES string of the molecule is CC[C@@H](C)[C@H](NC(=O)OCc1ccccc1)C(=O)OCC(=O)N(C)CC(=O)Nc1ccccc1Cl. The number of hydrogen-bond donors (Lipinski definition) is 2. The Bertz CT molecular complexity index is 1020. The van der Waals surface area contributed by atoms with Crippen molar-refractivity contribution in [3.05, 3.63) is 65.2 Å². The topological polar surface area (TPSA) is 114 Å². The summed E-state index contributed by atoms with van der Waals surface area (Å²) < 4.78 is 10.3. The maximum Gasteiger partial charge on any atom is 0.408 e. The van der Waals surface area contributed by atoms with E-state index in [1.54, 1.807) is 31.2 Å². The minimum atomic E-state index is -0.995. The summed E-state index contributed by atoms with van der Waals surface area (Å²) in [5.74, 6) is -2.07. The number of para-hydroxylation sites is 1. The first-order valence-electron chi connectivity index (χ1n) is 11.1. The Morgan fingerprint density at radius 2 is 1.66 bits per heavy atom. The predicted octanol–water partition coefficient (Wildman–Crippen LogP) is 3.62. The number of alkyl carbamates (subject to hydrolysis) is 1. The van der Waals surface area contributed by atoms with Crippen LogP contribution in [-0.4, -0.2) is 55.0 Å². The highest BCUT2D eigenvalue weighted by Gasteiger charge is 2.29. The maximum atomic E-state index is 12.6. The first kappa shape index (κ1) is 27.7. The van der Waals surface area contributed by atoms with Crippen LogP contribution in [0.5, 0.6) is 0 Å². The molecule has 0 aliphatic carbocycles. The molecule has 2 atom stereocenters. The number of amides is 3. The molecule has 0 fully saturated rings. The highest BCUT2D eigenvalue weighted by Crippen LogP contribution is 2.20. The lowest BCUT2D eigenvalue weighted by Crippen LogP contribution is -2.47. The van der Waals surface area contributed by atoms with Gasteiger partial charge in [0.1, 0.15) is 12.6 Å². The molecular formula is C25H30ClN3O6. The van der Waals surface area contributed by atoms with Gasteiger partial charge in [-0.05, 0) is 23.6 Å². The van der Waals surface area contributed by atoms with E-state index in [1.807, 2.05) is 37.3 Å². The van der Waals surface area contributed by atoms with Gasteiger partial charge >= 0.3 is 12.1 Å². The average molecular weight is 504 g/mol. The van der Waals surface area contributed by atoms with Crippen molar-refractivity contribution >= 4 is 41.2 Å². The first-order chi connectivity index (χ1) is 16.7. The van der Waals surface area contributed by atoms with Crippen LogP contribution in [0.3, 0.4) is 0 Å². The van der Waals surface area contributed by atoms with Gasteiger partial charge < -0.3 is 25.0 Å². The van der Waals surface area contributed by atoms with Crippen molar-refractivity contribution in [2.75, 3.05) is 25.5 Å². The molecule has 2 rings (SSSR count). The van der Waals surface area contributed by atoms with E-state index in [0.29, 0.717) is 17.1 Å². The Balaban J connectivity index is 1.84. The van der Waals surface area contributed by atoms with Crippen molar-refractivity contribution in [1.29, 1.82) is 0 Å². The van der Waals surface area contributed by atoms with Crippen LogP contribution in [0.25, 0.3) is 0 Å². The number of rotatable bonds is 11. The molecule has 10 heteroatoms. The van der Waals surface area contributed by atoms with Gasteiger partial charge in [-0.15, -0.1) is 0 Å². The summed E-state index contributed by atoms with van der Waals surface area (Å²) in [4.78, 5) is 50.6. The van der Waals surface area contributed by atoms with Gasteiger partial charge in [0.2, 0.25) is 5.91 Å². The molecule has 0 aliphatic heterocycles. The zero-order valence-corrected chi connectivity index (χ0v) is 20.7. The molecule has 2 aromatic carbocycles. The van der Waals surface area contributed by atoms with Gasteiger partial charge in [-0.2, -0.15) is 0 Å². The molecule has 0 aromatic heterocycles. The van der Waals surface area contributed by atoms with Crippen LogP contribution in [0, 0.1) is 5.92 Å². The third-order valence-corrected chi connectivity index (χ3v) is 5.57. The average Bonchev–Trinajstić information content (AvgIpc) is 2.85. The summed E-state index contributed by atoms with van der Waals surface area (Å²) in [6, 6.07) is 14.8.